The Kier molecular flexibility index (Phi) is 26.3. The number of nitrogens with one attached hydrogen (secondary N) is 7. The first-order valence-corrected chi connectivity index (χ1v) is 40.4. The third-order valence-corrected chi connectivity index (χ3v) is 24.1. The lowest BCUT2D eigenvalue weighted by molar-refractivity contribution is -0.270. The van der Waals surface area contributed by atoms with Crippen molar-refractivity contribution in [2.75, 3.05) is 25.0 Å². The van der Waals surface area contributed by atoms with Crippen molar-refractivity contribution in [2.45, 2.75) is 178 Å². The summed E-state index contributed by atoms with van der Waals surface area (Å²) in [6.45, 7) is 7.00. The maximum Gasteiger partial charge on any atom is 0.325 e. The van der Waals surface area contributed by atoms with E-state index in [1.54, 1.807) is 6.92 Å². The first kappa shape index (κ1) is 85.4. The lowest BCUT2D eigenvalue weighted by Gasteiger charge is -2.54. The third-order valence-electron chi connectivity index (χ3n) is 23.5. The lowest BCUT2D eigenvalue weighted by Crippen LogP contribution is -2.60. The molecule has 6 aliphatic heterocycles. The highest BCUT2D eigenvalue weighted by Gasteiger charge is 2.51. The summed E-state index contributed by atoms with van der Waals surface area (Å²) in [4.78, 5) is 150. The molecule has 0 aromatic heterocycles. The number of phenolic OH excluding ortho intramolecular Hbond substituents is 3. The number of nitrogens with two attached hydrogens (primary N) is 1. The molecule has 0 spiro atoms. The number of Topliss-reactive ketones (excluding diaryl/α,β-unsaturated/α-hetero) is 3. The van der Waals surface area contributed by atoms with Crippen molar-refractivity contribution in [3.63, 3.8) is 0 Å². The van der Waals surface area contributed by atoms with Gasteiger partial charge in [0, 0.05) is 74.5 Å². The van der Waals surface area contributed by atoms with Crippen LogP contribution in [0.5, 0.6) is 51.7 Å². The minimum atomic E-state index is -2.22. The van der Waals surface area contributed by atoms with E-state index in [1.807, 2.05) is 13.8 Å². The number of phenols is 3. The van der Waals surface area contributed by atoms with Gasteiger partial charge in [-0.1, -0.05) is 62.2 Å². The van der Waals surface area contributed by atoms with Crippen LogP contribution in [0, 0.1) is 47.3 Å². The summed E-state index contributed by atoms with van der Waals surface area (Å²) in [5.41, 5.74) is 4.56. The van der Waals surface area contributed by atoms with Crippen LogP contribution in [0.2, 0.25) is 10.0 Å². The smallest absolute Gasteiger partial charge is 0.325 e. The fourth-order valence-electron chi connectivity index (χ4n) is 17.8. The van der Waals surface area contributed by atoms with Gasteiger partial charge in [0.25, 0.3) is 0 Å². The first-order chi connectivity index (χ1) is 56.3. The molecule has 16 rings (SSSR count). The van der Waals surface area contributed by atoms with Crippen molar-refractivity contribution in [3.05, 3.63) is 141 Å². The average Bonchev–Trinajstić information content (AvgIpc) is 0.743. The van der Waals surface area contributed by atoms with Gasteiger partial charge in [0.1, 0.15) is 95.3 Å². The standard InChI is InChI=1S/C85H96Cl2N8O23/c1-5-41(19-37(2)3)80(109)94-72-60(100)28-48(31-68(103)91-85(113)90-49-10-12-51(13-11-49)114-18-6-17-89-38(4)96)81(110)92-70-47-29-65(115-63-15-8-43(74(72)104)26-56(63)86)79(118-84-78(108)77(107)76(106)67(36-88)117-84)66(30-47)116-64-16-9-44(27-57(64)87)75(105)73-83(112)93-71(62(102)34-52-45-21-39-20-40(23-45)24-46(52)22-39)55-32-50(97)33-59(99)69(55)54-25-42(7-14-58(54)98)53(35-61(70)101)82(111)95-73/h7-16,25-27,29-30,32-33,37,39-41,45-46,48,52-53,67,70-78,84,97-99,104-108H,5-6,17-24,28,31,34-36,88H2,1-4H3,(H,89,96)(H,92,110)(H,93,112)(H,94,109)(H,95,111)(H2,90,91,103,113)/t39?,40?,41-,45?,46?,48+,52?,53-,67-,70-,71+,72+,73+,74-,75-,76-,77+,78-,84+/m1/s1. The van der Waals surface area contributed by atoms with E-state index in [4.69, 9.17) is 52.6 Å². The van der Waals surface area contributed by atoms with Crippen LogP contribution in [-0.2, 0) is 47.9 Å². The number of urea groups is 1. The van der Waals surface area contributed by atoms with Gasteiger partial charge in [-0.25, -0.2) is 4.79 Å². The van der Waals surface area contributed by atoms with Crippen LogP contribution in [0.3, 0.4) is 0 Å². The van der Waals surface area contributed by atoms with Gasteiger partial charge >= 0.3 is 6.03 Å². The summed E-state index contributed by atoms with van der Waals surface area (Å²) in [5.74, 6) is -15.9. The number of hydrogen-bond acceptors (Lipinski definition) is 24. The highest BCUT2D eigenvalue weighted by molar-refractivity contribution is 6.32. The molecule has 5 fully saturated rings. The molecule has 628 valence electrons. The number of aliphatic hydroxyl groups is 5. The zero-order chi connectivity index (χ0) is 84.4. The number of benzene rings is 6. The maximum atomic E-state index is 16.6. The summed E-state index contributed by atoms with van der Waals surface area (Å²) in [6, 6.07) is 11.9. The van der Waals surface area contributed by atoms with Crippen LogP contribution in [-0.4, -0.2) is 162 Å². The van der Waals surface area contributed by atoms with E-state index < -0.39 is 198 Å². The number of anilines is 1. The molecule has 118 heavy (non-hydrogen) atoms. The van der Waals surface area contributed by atoms with Crippen LogP contribution < -0.4 is 61.9 Å². The quantitative estimate of drug-likeness (QED) is 0.0342. The van der Waals surface area contributed by atoms with Gasteiger partial charge in [-0.05, 0) is 194 Å². The maximum absolute atomic E-state index is 16.6. The van der Waals surface area contributed by atoms with Gasteiger partial charge in [0.05, 0.1) is 28.5 Å². The predicted molar refractivity (Wildman–Crippen MR) is 424 cm³/mol. The minimum Gasteiger partial charge on any atom is -0.508 e. The molecular weight excluding hydrogens is 1570 g/mol. The van der Waals surface area contributed by atoms with Crippen LogP contribution in [0.4, 0.5) is 10.5 Å². The van der Waals surface area contributed by atoms with Crippen LogP contribution in [0.25, 0.3) is 11.1 Å². The molecule has 33 heteroatoms. The molecule has 4 aliphatic carbocycles. The SMILES string of the molecule is CC[C@H](CC(C)C)C(=O)N[C@H]1C(=O)C[C@@H](CC(=O)NC(=O)Nc2ccc(OCCCNC(C)=O)cc2)C(=O)N[C@H]2C(=O)C[C@H]3C(=O)N[C@H](C(=O)N[C@H](C(=O)CC4C5CC6CC(C5)CC4C6)c4cc(O)cc(O)c4-c4cc3ccc4O)[C@H](O)c3ccc(c(Cl)c3)Oc3cc2cc(c3O[C@@H]2O[C@H](CN)[C@@H](O)[C@H](O)[C@H]2O)Oc2ccc(cc2Cl)[C@H]1O. The largest absolute Gasteiger partial charge is 0.508 e. The molecule has 17 N–H and O–H groups in total. The van der Waals surface area contributed by atoms with E-state index in [2.05, 4.69) is 37.2 Å². The number of carbonyl (C=O) groups is 10. The van der Waals surface area contributed by atoms with Crippen LogP contribution in [0.15, 0.2) is 103 Å². The fourth-order valence-corrected chi connectivity index (χ4v) is 18.2. The Morgan fingerprint density at radius 3 is 1.92 bits per heavy atom. The highest BCUT2D eigenvalue weighted by atomic mass is 35.5. The second kappa shape index (κ2) is 36.4. The van der Waals surface area contributed by atoms with Crippen molar-refractivity contribution >= 4 is 87.7 Å². The van der Waals surface area contributed by atoms with E-state index in [-0.39, 0.29) is 115 Å². The summed E-state index contributed by atoms with van der Waals surface area (Å²) in [5, 5.41) is 112. The number of rotatable bonds is 19. The molecule has 0 unspecified atom stereocenters. The van der Waals surface area contributed by atoms with E-state index >= 15 is 28.8 Å². The number of halogens is 2. The molecule has 8 amide bonds. The second-order valence-corrected chi connectivity index (χ2v) is 33.1. The molecule has 10 aliphatic rings. The molecule has 6 heterocycles. The summed E-state index contributed by atoms with van der Waals surface area (Å²) < 4.78 is 31.5. The Morgan fingerprint density at radius 2 is 1.31 bits per heavy atom. The molecule has 1 saturated heterocycles. The summed E-state index contributed by atoms with van der Waals surface area (Å²) in [7, 11) is 0. The zero-order valence-electron chi connectivity index (χ0n) is 65.0. The van der Waals surface area contributed by atoms with Gasteiger partial charge < -0.3 is 102 Å². The number of fused-ring (bicyclic) bond motifs is 15. The molecule has 0 radical (unpaired) electrons. The number of hydrogen-bond donors (Lipinski definition) is 16. The van der Waals surface area contributed by atoms with Crippen molar-refractivity contribution in [1.29, 1.82) is 0 Å². The molecule has 4 saturated carbocycles. The third kappa shape index (κ3) is 19.0. The number of ketones is 3. The van der Waals surface area contributed by atoms with Crippen LogP contribution in [0.1, 0.15) is 163 Å². The van der Waals surface area contributed by atoms with Crippen LogP contribution >= 0.6 is 23.2 Å². The van der Waals surface area contributed by atoms with Gasteiger partial charge in [-0.3, -0.25) is 48.5 Å². The Morgan fingerprint density at radius 1 is 0.661 bits per heavy atom. The Bertz CT molecular complexity index is 4850. The zero-order valence-corrected chi connectivity index (χ0v) is 66.5. The van der Waals surface area contributed by atoms with Gasteiger partial charge in [-0.15, -0.1) is 0 Å². The number of amides is 8. The monoisotopic (exact) mass is 1670 g/mol. The molecule has 6 aromatic carbocycles. The predicted octanol–water partition coefficient (Wildman–Crippen LogP) is 7.96. The second-order valence-electron chi connectivity index (χ2n) is 32.3. The van der Waals surface area contributed by atoms with Crippen molar-refractivity contribution in [2.24, 2.45) is 53.1 Å². The number of ether oxygens (including phenoxy) is 5. The summed E-state index contributed by atoms with van der Waals surface area (Å²) >= 11 is 14.3. The number of carbonyl (C=O) groups excluding carboxylic acids is 10. The fraction of sp³-hybridized carbons (Fsp3) is 0.459. The Labute approximate surface area is 688 Å². The van der Waals surface area contributed by atoms with E-state index in [9.17, 15) is 60.0 Å². The van der Waals surface area contributed by atoms with E-state index in [0.29, 0.717) is 37.0 Å². The van der Waals surface area contributed by atoms with Gasteiger partial charge in [-0.2, -0.15) is 0 Å². The normalized spacial score (nSPS) is 27.6. The molecule has 6 aromatic rings. The topological polar surface area (TPSA) is 489 Å². The minimum absolute atomic E-state index is 0.0458. The average molecular weight is 1670 g/mol. The van der Waals surface area contributed by atoms with E-state index in [1.165, 1.54) is 79.7 Å². The number of imide groups is 1. The summed E-state index contributed by atoms with van der Waals surface area (Å²) in [6.07, 6.45) is -10.9. The van der Waals surface area contributed by atoms with Crippen molar-refractivity contribution in [3.8, 4) is 62.9 Å². The Balaban J connectivity index is 0.968. The van der Waals surface area contributed by atoms with E-state index in [0.717, 1.165) is 62.4 Å². The van der Waals surface area contributed by atoms with Gasteiger partial charge in [0.2, 0.25) is 47.5 Å². The molecular formula is C85H96Cl2N8O23. The van der Waals surface area contributed by atoms with Crippen molar-refractivity contribution < 1.29 is 112 Å². The number of aliphatic hydroxyl groups excluding tert-OH is 5. The lowest BCUT2D eigenvalue weighted by atomic mass is 9.51. The first-order valence-electron chi connectivity index (χ1n) is 39.6. The van der Waals surface area contributed by atoms with Crippen molar-refractivity contribution in [1.82, 2.24) is 31.9 Å². The number of aromatic hydroxyl groups is 3. The molecule has 31 nitrogen and oxygen atoms in total. The highest BCUT2D eigenvalue weighted by Crippen LogP contribution is 2.58. The van der Waals surface area contributed by atoms with Gasteiger partial charge in [0.15, 0.2) is 28.8 Å². The molecule has 15 bridgehead atoms. The Hall–Kier alpha value is -10.5. The molecule has 14 atom stereocenters.